The Morgan fingerprint density at radius 1 is 1.00 bits per heavy atom. The topological polar surface area (TPSA) is 127 Å². The summed E-state index contributed by atoms with van der Waals surface area (Å²) in [5.74, 6) is 0.0555. The Balaban J connectivity index is 1.66. The van der Waals surface area contributed by atoms with E-state index in [1.54, 1.807) is 36.4 Å². The van der Waals surface area contributed by atoms with Crippen molar-refractivity contribution in [1.29, 1.82) is 0 Å². The first-order chi connectivity index (χ1) is 15.0. The van der Waals surface area contributed by atoms with Gasteiger partial charge in [-0.2, -0.15) is 5.10 Å². The molecule has 0 aromatic heterocycles. The van der Waals surface area contributed by atoms with Crippen molar-refractivity contribution in [1.82, 2.24) is 10.7 Å². The van der Waals surface area contributed by atoms with Gasteiger partial charge in [-0.15, -0.1) is 0 Å². The fourth-order valence-corrected chi connectivity index (χ4v) is 2.92. The summed E-state index contributed by atoms with van der Waals surface area (Å²) in [5.41, 5.74) is 3.87. The fourth-order valence-electron chi connectivity index (χ4n) is 2.92. The van der Waals surface area contributed by atoms with Crippen molar-refractivity contribution in [3.63, 3.8) is 0 Å². The molecule has 0 atom stereocenters. The Labute approximate surface area is 177 Å². The van der Waals surface area contributed by atoms with Gasteiger partial charge in [0.25, 0.3) is 11.8 Å². The normalized spacial score (nSPS) is 13.5. The van der Waals surface area contributed by atoms with Gasteiger partial charge >= 0.3 is 6.03 Å². The van der Waals surface area contributed by atoms with Gasteiger partial charge < -0.3 is 19.5 Å². The molecule has 0 unspecified atom stereocenters. The van der Waals surface area contributed by atoms with Gasteiger partial charge in [0.05, 0.1) is 27.0 Å². The number of urea groups is 1. The molecule has 2 aromatic rings. The SMILES string of the molecule is COc1ccc(/C=C/C(=O)NC(=O)N/N=C2\C(=O)Nc3ccccc32)c(OC)c1OC. The minimum absolute atomic E-state index is 0.0452. The molecule has 160 valence electrons. The number of benzene rings is 2. The second-order valence-corrected chi connectivity index (χ2v) is 6.15. The molecule has 0 spiro atoms. The zero-order chi connectivity index (χ0) is 22.4. The number of methoxy groups -OCH3 is 3. The van der Waals surface area contributed by atoms with Crippen molar-refractivity contribution in [2.45, 2.75) is 0 Å². The predicted octanol–water partition coefficient (Wildman–Crippen LogP) is 1.91. The number of anilines is 1. The quantitative estimate of drug-likeness (QED) is 0.480. The van der Waals surface area contributed by atoms with Crippen LogP contribution in [0.1, 0.15) is 11.1 Å². The molecule has 1 heterocycles. The van der Waals surface area contributed by atoms with Crippen LogP contribution in [-0.2, 0) is 9.59 Å². The van der Waals surface area contributed by atoms with Crippen LogP contribution in [-0.4, -0.2) is 44.9 Å². The van der Waals surface area contributed by atoms with Crippen molar-refractivity contribution in [3.8, 4) is 17.2 Å². The lowest BCUT2D eigenvalue weighted by atomic mass is 10.1. The van der Waals surface area contributed by atoms with E-state index in [-0.39, 0.29) is 5.71 Å². The molecule has 31 heavy (non-hydrogen) atoms. The maximum atomic E-state index is 12.1. The summed E-state index contributed by atoms with van der Waals surface area (Å²) >= 11 is 0. The number of nitrogens with one attached hydrogen (secondary N) is 3. The summed E-state index contributed by atoms with van der Waals surface area (Å²) in [6.07, 6.45) is 2.60. The Morgan fingerprint density at radius 3 is 2.45 bits per heavy atom. The average Bonchev–Trinajstić information content (AvgIpc) is 3.10. The monoisotopic (exact) mass is 424 g/mol. The second kappa shape index (κ2) is 9.44. The summed E-state index contributed by atoms with van der Waals surface area (Å²) in [5, 5.41) is 8.52. The van der Waals surface area contributed by atoms with Gasteiger partial charge in [-0.25, -0.2) is 10.2 Å². The number of para-hydroxylation sites is 1. The van der Waals surface area contributed by atoms with Gasteiger partial charge in [-0.3, -0.25) is 14.9 Å². The van der Waals surface area contributed by atoms with E-state index in [1.807, 2.05) is 0 Å². The summed E-state index contributed by atoms with van der Waals surface area (Å²) in [4.78, 5) is 36.0. The van der Waals surface area contributed by atoms with E-state index in [2.05, 4.69) is 21.2 Å². The van der Waals surface area contributed by atoms with Crippen LogP contribution in [0, 0.1) is 0 Å². The maximum Gasteiger partial charge on any atom is 0.342 e. The molecule has 1 aliphatic rings. The number of carbonyl (C=O) groups excluding carboxylic acids is 3. The third-order valence-electron chi connectivity index (χ3n) is 4.30. The van der Waals surface area contributed by atoms with E-state index >= 15 is 0 Å². The molecule has 0 saturated carbocycles. The molecular weight excluding hydrogens is 404 g/mol. The minimum atomic E-state index is -0.890. The zero-order valence-electron chi connectivity index (χ0n) is 17.0. The first-order valence-electron chi connectivity index (χ1n) is 9.05. The summed E-state index contributed by atoms with van der Waals surface area (Å²) in [6, 6.07) is 9.35. The summed E-state index contributed by atoms with van der Waals surface area (Å²) in [7, 11) is 4.42. The van der Waals surface area contributed by atoms with Gasteiger partial charge in [0, 0.05) is 17.2 Å². The van der Waals surface area contributed by atoms with Crippen molar-refractivity contribution in [3.05, 3.63) is 53.6 Å². The van der Waals surface area contributed by atoms with E-state index in [1.165, 1.54) is 27.4 Å². The van der Waals surface area contributed by atoms with Crippen molar-refractivity contribution < 1.29 is 28.6 Å². The minimum Gasteiger partial charge on any atom is -0.493 e. The van der Waals surface area contributed by atoms with Crippen LogP contribution in [0.4, 0.5) is 10.5 Å². The number of nitrogens with zero attached hydrogens (tertiary/aromatic N) is 1. The molecule has 0 saturated heterocycles. The first-order valence-corrected chi connectivity index (χ1v) is 9.05. The predicted molar refractivity (Wildman–Crippen MR) is 113 cm³/mol. The van der Waals surface area contributed by atoms with Crippen LogP contribution in [0.5, 0.6) is 17.2 Å². The molecule has 4 amide bonds. The van der Waals surface area contributed by atoms with E-state index < -0.39 is 17.8 Å². The van der Waals surface area contributed by atoms with E-state index in [9.17, 15) is 14.4 Å². The molecule has 10 nitrogen and oxygen atoms in total. The molecule has 3 rings (SSSR count). The standard InChI is InChI=1S/C21H20N4O6/c1-29-15-10-8-12(18(30-2)19(15)31-3)9-11-16(26)23-21(28)25-24-17-13-6-4-5-7-14(13)22-20(17)27/h4-11H,1-3H3,(H,22,24,27)(H2,23,25,26,28)/b11-9+. The van der Waals surface area contributed by atoms with Gasteiger partial charge in [0.1, 0.15) is 0 Å². The molecule has 3 N–H and O–H groups in total. The number of ether oxygens (including phenoxy) is 3. The third-order valence-corrected chi connectivity index (χ3v) is 4.30. The summed E-state index contributed by atoms with van der Waals surface area (Å²) in [6.45, 7) is 0. The molecule has 0 fully saturated rings. The van der Waals surface area contributed by atoms with Crippen LogP contribution < -0.4 is 30.3 Å². The van der Waals surface area contributed by atoms with Gasteiger partial charge in [-0.1, -0.05) is 18.2 Å². The second-order valence-electron chi connectivity index (χ2n) is 6.15. The van der Waals surface area contributed by atoms with Crippen LogP contribution in [0.25, 0.3) is 6.08 Å². The molecule has 0 radical (unpaired) electrons. The van der Waals surface area contributed by atoms with Gasteiger partial charge in [0.15, 0.2) is 17.2 Å². The smallest absolute Gasteiger partial charge is 0.342 e. The van der Waals surface area contributed by atoms with Crippen molar-refractivity contribution >= 4 is 35.3 Å². The fraction of sp³-hybridized carbons (Fsp3) is 0.143. The van der Waals surface area contributed by atoms with Gasteiger partial charge in [-0.05, 0) is 24.3 Å². The number of hydrazone groups is 1. The number of hydrogen-bond acceptors (Lipinski definition) is 7. The highest BCUT2D eigenvalue weighted by atomic mass is 16.5. The van der Waals surface area contributed by atoms with Crippen molar-refractivity contribution in [2.75, 3.05) is 26.6 Å². The molecule has 1 aliphatic heterocycles. The molecule has 2 aromatic carbocycles. The number of rotatable bonds is 6. The van der Waals surface area contributed by atoms with Crippen molar-refractivity contribution in [2.24, 2.45) is 5.10 Å². The number of fused-ring (bicyclic) bond motifs is 1. The van der Waals surface area contributed by atoms with Gasteiger partial charge in [0.2, 0.25) is 5.75 Å². The zero-order valence-corrected chi connectivity index (χ0v) is 17.0. The number of hydrogen-bond donors (Lipinski definition) is 3. The van der Waals surface area contributed by atoms with Crippen LogP contribution in [0.2, 0.25) is 0 Å². The third kappa shape index (κ3) is 4.64. The van der Waals surface area contributed by atoms with E-state index in [0.717, 1.165) is 6.08 Å². The Kier molecular flexibility index (Phi) is 6.51. The molecule has 10 heteroatoms. The Morgan fingerprint density at radius 2 is 1.74 bits per heavy atom. The van der Waals surface area contributed by atoms with Crippen LogP contribution in [0.3, 0.4) is 0 Å². The highest BCUT2D eigenvalue weighted by molar-refractivity contribution is 6.53. The lowest BCUT2D eigenvalue weighted by Crippen LogP contribution is -2.37. The van der Waals surface area contributed by atoms with Crippen LogP contribution in [0.15, 0.2) is 47.6 Å². The maximum absolute atomic E-state index is 12.1. The highest BCUT2D eigenvalue weighted by Crippen LogP contribution is 2.40. The summed E-state index contributed by atoms with van der Waals surface area (Å²) < 4.78 is 15.8. The number of imide groups is 1. The first kappa shape index (κ1) is 21.4. The highest BCUT2D eigenvalue weighted by Gasteiger charge is 2.25. The number of carbonyl (C=O) groups is 3. The lowest BCUT2D eigenvalue weighted by Gasteiger charge is -2.13. The Bertz CT molecular complexity index is 1090. The largest absolute Gasteiger partial charge is 0.493 e. The van der Waals surface area contributed by atoms with E-state index in [4.69, 9.17) is 14.2 Å². The number of amides is 4. The molecule has 0 bridgehead atoms. The van der Waals surface area contributed by atoms with E-state index in [0.29, 0.717) is 34.1 Å². The molecule has 0 aliphatic carbocycles. The average molecular weight is 424 g/mol. The lowest BCUT2D eigenvalue weighted by molar-refractivity contribution is -0.115. The molecular formula is C21H20N4O6. The van der Waals surface area contributed by atoms with Crippen LogP contribution >= 0.6 is 0 Å². The Hall–Kier alpha value is -4.34.